The topological polar surface area (TPSA) is 70.0 Å². The van der Waals surface area contributed by atoms with Crippen molar-refractivity contribution in [1.82, 2.24) is 4.72 Å². The van der Waals surface area contributed by atoms with Gasteiger partial charge in [-0.3, -0.25) is 0 Å². The first kappa shape index (κ1) is 13.2. The molecule has 0 spiro atoms. The predicted octanol–water partition coefficient (Wildman–Crippen LogP) is 1.95. The maximum atomic E-state index is 11.3. The van der Waals surface area contributed by atoms with E-state index >= 15 is 0 Å². The van der Waals surface area contributed by atoms with Gasteiger partial charge in [-0.05, 0) is 24.6 Å². The van der Waals surface area contributed by atoms with Gasteiger partial charge in [-0.1, -0.05) is 28.1 Å². The third kappa shape index (κ3) is 3.93. The molecular weight excluding hydrogens is 292 g/mol. The van der Waals surface area contributed by atoms with Crippen molar-refractivity contribution < 1.29 is 8.42 Å². The lowest BCUT2D eigenvalue weighted by Gasteiger charge is -2.13. The molecule has 0 unspecified atom stereocenters. The number of sulfonamides is 1. The van der Waals surface area contributed by atoms with Crippen LogP contribution in [0.15, 0.2) is 28.7 Å². The van der Waals surface area contributed by atoms with Crippen LogP contribution >= 0.6 is 15.9 Å². The summed E-state index contributed by atoms with van der Waals surface area (Å²) in [7, 11) is -3.51. The molecule has 0 aromatic heterocycles. The highest BCUT2D eigenvalue weighted by molar-refractivity contribution is 9.10. The van der Waals surface area contributed by atoms with Crippen molar-refractivity contribution in [3.8, 4) is 6.07 Å². The minimum atomic E-state index is -3.51. The maximum Gasteiger partial charge on any atom is 0.225 e. The van der Waals surface area contributed by atoms with Gasteiger partial charge in [-0.2, -0.15) is 5.26 Å². The molecule has 0 radical (unpaired) electrons. The first-order chi connectivity index (χ1) is 7.44. The normalized spacial score (nSPS) is 13.1. The molecule has 6 heteroatoms. The van der Waals surface area contributed by atoms with Gasteiger partial charge in [0.25, 0.3) is 0 Å². The van der Waals surface area contributed by atoms with E-state index in [1.165, 1.54) is 0 Å². The average Bonchev–Trinajstić information content (AvgIpc) is 2.17. The molecule has 1 atom stereocenters. The number of nitrogens with one attached hydrogen (secondary N) is 1. The van der Waals surface area contributed by atoms with Crippen LogP contribution in [0.25, 0.3) is 0 Å². The molecule has 0 saturated heterocycles. The summed E-state index contributed by atoms with van der Waals surface area (Å²) in [5, 5.41) is 8.35. The fraction of sp³-hybridized carbons (Fsp3) is 0.300. The van der Waals surface area contributed by atoms with E-state index in [0.717, 1.165) is 10.0 Å². The summed E-state index contributed by atoms with van der Waals surface area (Å²) in [6.07, 6.45) is 0. The SMILES string of the molecule is C[C@H](NS(=O)(=O)CC#N)c1ccc(Br)cc1. The summed E-state index contributed by atoms with van der Waals surface area (Å²) in [6, 6.07) is 8.60. The molecule has 1 rings (SSSR count). The zero-order valence-electron chi connectivity index (χ0n) is 8.64. The van der Waals surface area contributed by atoms with Crippen molar-refractivity contribution in [3.05, 3.63) is 34.3 Å². The molecule has 0 aliphatic carbocycles. The van der Waals surface area contributed by atoms with Gasteiger partial charge in [0.15, 0.2) is 5.75 Å². The van der Waals surface area contributed by atoms with Gasteiger partial charge in [0.05, 0.1) is 6.07 Å². The molecule has 86 valence electrons. The van der Waals surface area contributed by atoms with Crippen LogP contribution in [-0.4, -0.2) is 14.2 Å². The second kappa shape index (κ2) is 5.43. The predicted molar refractivity (Wildman–Crippen MR) is 65.1 cm³/mol. The standard InChI is InChI=1S/C10H11BrN2O2S/c1-8(13-16(14,15)7-6-12)9-2-4-10(11)5-3-9/h2-5,8,13H,7H2,1H3/t8-/m0/s1. The third-order valence-corrected chi connectivity index (χ3v) is 3.73. The van der Waals surface area contributed by atoms with Crippen molar-refractivity contribution in [1.29, 1.82) is 5.26 Å². The van der Waals surface area contributed by atoms with Crippen LogP contribution in [0.4, 0.5) is 0 Å². The number of halogens is 1. The molecule has 0 saturated carbocycles. The Kier molecular flexibility index (Phi) is 4.47. The molecule has 0 heterocycles. The van der Waals surface area contributed by atoms with Crippen LogP contribution in [0.5, 0.6) is 0 Å². The molecule has 1 aromatic carbocycles. The van der Waals surface area contributed by atoms with Gasteiger partial charge in [-0.25, -0.2) is 13.1 Å². The van der Waals surface area contributed by atoms with Gasteiger partial charge in [-0.15, -0.1) is 0 Å². The molecule has 4 nitrogen and oxygen atoms in total. The number of hydrogen-bond donors (Lipinski definition) is 1. The minimum Gasteiger partial charge on any atom is -0.211 e. The fourth-order valence-corrected chi connectivity index (χ4v) is 2.41. The smallest absolute Gasteiger partial charge is 0.211 e. The van der Waals surface area contributed by atoms with Crippen molar-refractivity contribution in [3.63, 3.8) is 0 Å². The first-order valence-corrected chi connectivity index (χ1v) is 7.01. The Bertz CT molecular complexity index is 491. The second-order valence-electron chi connectivity index (χ2n) is 3.31. The van der Waals surface area contributed by atoms with E-state index in [-0.39, 0.29) is 6.04 Å². The summed E-state index contributed by atoms with van der Waals surface area (Å²) in [5.74, 6) is -0.520. The van der Waals surface area contributed by atoms with E-state index in [2.05, 4.69) is 20.7 Å². The van der Waals surface area contributed by atoms with Crippen LogP contribution in [0, 0.1) is 11.3 Å². The molecule has 0 fully saturated rings. The Balaban J connectivity index is 2.77. The van der Waals surface area contributed by atoms with Crippen molar-refractivity contribution in [2.75, 3.05) is 5.75 Å². The highest BCUT2D eigenvalue weighted by atomic mass is 79.9. The maximum absolute atomic E-state index is 11.3. The monoisotopic (exact) mass is 302 g/mol. The van der Waals surface area contributed by atoms with E-state index in [4.69, 9.17) is 5.26 Å². The number of benzene rings is 1. The Morgan fingerprint density at radius 1 is 1.44 bits per heavy atom. The molecule has 1 N–H and O–H groups in total. The Hall–Kier alpha value is -0.900. The van der Waals surface area contributed by atoms with Crippen molar-refractivity contribution in [2.45, 2.75) is 13.0 Å². The minimum absolute atomic E-state index is 0.341. The third-order valence-electron chi connectivity index (χ3n) is 1.98. The quantitative estimate of drug-likeness (QED) is 0.924. The molecule has 16 heavy (non-hydrogen) atoms. The summed E-state index contributed by atoms with van der Waals surface area (Å²) >= 11 is 3.30. The first-order valence-electron chi connectivity index (χ1n) is 4.57. The number of nitrogens with zero attached hydrogens (tertiary/aromatic N) is 1. The molecule has 0 aliphatic rings. The summed E-state index contributed by atoms with van der Waals surface area (Å²) in [4.78, 5) is 0. The summed E-state index contributed by atoms with van der Waals surface area (Å²) in [5.41, 5.74) is 0.852. The van der Waals surface area contributed by atoms with Crippen molar-refractivity contribution >= 4 is 26.0 Å². The van der Waals surface area contributed by atoms with Crippen LogP contribution in [0.3, 0.4) is 0 Å². The second-order valence-corrected chi connectivity index (χ2v) is 5.98. The summed E-state index contributed by atoms with van der Waals surface area (Å²) < 4.78 is 26.0. The number of hydrogen-bond acceptors (Lipinski definition) is 3. The average molecular weight is 303 g/mol. The van der Waals surface area contributed by atoms with Gasteiger partial charge >= 0.3 is 0 Å². The van der Waals surface area contributed by atoms with E-state index in [0.29, 0.717) is 0 Å². The molecular formula is C10H11BrN2O2S. The van der Waals surface area contributed by atoms with Crippen LogP contribution < -0.4 is 4.72 Å². The zero-order valence-corrected chi connectivity index (χ0v) is 11.0. The largest absolute Gasteiger partial charge is 0.225 e. The van der Waals surface area contributed by atoms with E-state index < -0.39 is 15.8 Å². The highest BCUT2D eigenvalue weighted by Gasteiger charge is 2.14. The van der Waals surface area contributed by atoms with Crippen LogP contribution in [0.2, 0.25) is 0 Å². The Morgan fingerprint density at radius 2 is 2.00 bits per heavy atom. The highest BCUT2D eigenvalue weighted by Crippen LogP contribution is 2.17. The summed E-state index contributed by atoms with van der Waals surface area (Å²) in [6.45, 7) is 1.73. The molecule has 0 aliphatic heterocycles. The lowest BCUT2D eigenvalue weighted by Crippen LogP contribution is -2.28. The molecule has 0 bridgehead atoms. The van der Waals surface area contributed by atoms with Crippen molar-refractivity contribution in [2.24, 2.45) is 0 Å². The van der Waals surface area contributed by atoms with E-state index in [1.54, 1.807) is 13.0 Å². The van der Waals surface area contributed by atoms with E-state index in [9.17, 15) is 8.42 Å². The van der Waals surface area contributed by atoms with Crippen LogP contribution in [0.1, 0.15) is 18.5 Å². The van der Waals surface area contributed by atoms with Gasteiger partial charge < -0.3 is 0 Å². The lowest BCUT2D eigenvalue weighted by atomic mass is 10.1. The molecule has 0 amide bonds. The van der Waals surface area contributed by atoms with Gasteiger partial charge in [0.1, 0.15) is 0 Å². The number of rotatable bonds is 4. The Labute approximate surface area is 103 Å². The fourth-order valence-electron chi connectivity index (χ4n) is 1.22. The lowest BCUT2D eigenvalue weighted by molar-refractivity contribution is 0.570. The zero-order chi connectivity index (χ0) is 12.2. The Morgan fingerprint density at radius 3 is 2.50 bits per heavy atom. The van der Waals surface area contributed by atoms with Gasteiger partial charge in [0.2, 0.25) is 10.0 Å². The molecule has 1 aromatic rings. The van der Waals surface area contributed by atoms with E-state index in [1.807, 2.05) is 24.3 Å². The van der Waals surface area contributed by atoms with Gasteiger partial charge in [0, 0.05) is 10.5 Å². The van der Waals surface area contributed by atoms with Crippen LogP contribution in [-0.2, 0) is 10.0 Å². The number of nitriles is 1.